The Morgan fingerprint density at radius 2 is 1.96 bits per heavy atom. The summed E-state index contributed by atoms with van der Waals surface area (Å²) in [5, 5.41) is 6.82. The maximum Gasteiger partial charge on any atom is 0.123 e. The first-order valence-corrected chi connectivity index (χ1v) is 9.84. The van der Waals surface area contributed by atoms with E-state index >= 15 is 0 Å². The molecule has 0 saturated carbocycles. The largest absolute Gasteiger partial charge is 0.314 e. The summed E-state index contributed by atoms with van der Waals surface area (Å²) in [6, 6.07) is 9.41. The molecule has 3 heterocycles. The third-order valence-corrected chi connectivity index (χ3v) is 6.09. The molecule has 1 unspecified atom stereocenters. The van der Waals surface area contributed by atoms with Crippen LogP contribution in [0.5, 0.6) is 0 Å². The van der Waals surface area contributed by atoms with Gasteiger partial charge in [-0.2, -0.15) is 0 Å². The van der Waals surface area contributed by atoms with Gasteiger partial charge in [-0.3, -0.25) is 9.80 Å². The number of nitrogens with one attached hydrogen (secondary N) is 1. The number of aromatic nitrogens is 1. The zero-order valence-corrected chi connectivity index (χ0v) is 15.2. The predicted octanol–water partition coefficient (Wildman–Crippen LogP) is 2.60. The van der Waals surface area contributed by atoms with Crippen molar-refractivity contribution in [3.8, 4) is 10.6 Å². The van der Waals surface area contributed by atoms with Crippen molar-refractivity contribution in [1.29, 1.82) is 0 Å². The Morgan fingerprint density at radius 3 is 2.75 bits per heavy atom. The Labute approximate surface area is 148 Å². The molecular formula is C19H26N4S. The van der Waals surface area contributed by atoms with E-state index in [2.05, 4.69) is 51.7 Å². The van der Waals surface area contributed by atoms with Crippen LogP contribution in [-0.2, 0) is 6.54 Å². The Kier molecular flexibility index (Phi) is 4.94. The van der Waals surface area contributed by atoms with Gasteiger partial charge in [0.15, 0.2) is 0 Å². The Hall–Kier alpha value is -1.27. The first kappa shape index (κ1) is 16.2. The van der Waals surface area contributed by atoms with Crippen LogP contribution in [0.15, 0.2) is 29.6 Å². The lowest BCUT2D eigenvalue weighted by molar-refractivity contribution is 0.170. The number of nitrogens with zero attached hydrogens (tertiary/aromatic N) is 3. The summed E-state index contributed by atoms with van der Waals surface area (Å²) in [5.41, 5.74) is 3.75. The number of hydrogen-bond acceptors (Lipinski definition) is 5. The summed E-state index contributed by atoms with van der Waals surface area (Å²) in [5.74, 6) is 0. The van der Waals surface area contributed by atoms with Gasteiger partial charge in [0.2, 0.25) is 0 Å². The molecule has 2 aliphatic heterocycles. The van der Waals surface area contributed by atoms with Gasteiger partial charge >= 0.3 is 0 Å². The fourth-order valence-electron chi connectivity index (χ4n) is 3.74. The molecule has 1 aromatic carbocycles. The molecule has 1 atom stereocenters. The van der Waals surface area contributed by atoms with E-state index in [9.17, 15) is 0 Å². The van der Waals surface area contributed by atoms with Crippen LogP contribution in [0.4, 0.5) is 0 Å². The smallest absolute Gasteiger partial charge is 0.123 e. The molecule has 1 N–H and O–H groups in total. The van der Waals surface area contributed by atoms with Crippen molar-refractivity contribution in [3.05, 3.63) is 40.9 Å². The van der Waals surface area contributed by atoms with Crippen LogP contribution < -0.4 is 5.32 Å². The molecule has 0 bridgehead atoms. The molecule has 1 aromatic heterocycles. The molecule has 5 heteroatoms. The van der Waals surface area contributed by atoms with Crippen molar-refractivity contribution in [2.75, 3.05) is 39.3 Å². The number of rotatable bonds is 4. The van der Waals surface area contributed by atoms with Crippen molar-refractivity contribution in [3.63, 3.8) is 0 Å². The quantitative estimate of drug-likeness (QED) is 0.925. The van der Waals surface area contributed by atoms with E-state index in [0.29, 0.717) is 0 Å². The fourth-order valence-corrected chi connectivity index (χ4v) is 4.56. The van der Waals surface area contributed by atoms with Crippen LogP contribution in [0.25, 0.3) is 10.6 Å². The maximum atomic E-state index is 4.86. The second kappa shape index (κ2) is 7.31. The Morgan fingerprint density at radius 1 is 1.17 bits per heavy atom. The normalized spacial score (nSPS) is 23.0. The van der Waals surface area contributed by atoms with Crippen molar-refractivity contribution < 1.29 is 0 Å². The number of thiazole rings is 1. The summed E-state index contributed by atoms with van der Waals surface area (Å²) in [4.78, 5) is 10.1. The highest BCUT2D eigenvalue weighted by Gasteiger charge is 2.28. The highest BCUT2D eigenvalue weighted by Crippen LogP contribution is 2.25. The van der Waals surface area contributed by atoms with Gasteiger partial charge in [-0.15, -0.1) is 11.3 Å². The number of likely N-dealkylation sites (tertiary alicyclic amines) is 1. The second-order valence-electron chi connectivity index (χ2n) is 6.97. The van der Waals surface area contributed by atoms with Gasteiger partial charge in [-0.25, -0.2) is 4.98 Å². The molecule has 4 rings (SSSR count). The summed E-state index contributed by atoms with van der Waals surface area (Å²) in [6.45, 7) is 10.2. The molecule has 4 nitrogen and oxygen atoms in total. The third-order valence-electron chi connectivity index (χ3n) is 5.15. The molecule has 0 spiro atoms. The van der Waals surface area contributed by atoms with E-state index in [1.54, 1.807) is 11.3 Å². The van der Waals surface area contributed by atoms with E-state index in [-0.39, 0.29) is 0 Å². The SMILES string of the molecule is Cc1ccc(-c2nc(CN3CCC(N4CCNCC4)C3)cs2)cc1. The van der Waals surface area contributed by atoms with E-state index in [1.807, 2.05) is 0 Å². The third kappa shape index (κ3) is 3.70. The fraction of sp³-hybridized carbons (Fsp3) is 0.526. The molecule has 2 fully saturated rings. The highest BCUT2D eigenvalue weighted by atomic mass is 32.1. The lowest BCUT2D eigenvalue weighted by atomic mass is 10.2. The number of hydrogen-bond donors (Lipinski definition) is 1. The van der Waals surface area contributed by atoms with E-state index < -0.39 is 0 Å². The second-order valence-corrected chi connectivity index (χ2v) is 7.83. The minimum absolute atomic E-state index is 0.738. The summed E-state index contributed by atoms with van der Waals surface area (Å²) in [6.07, 6.45) is 1.30. The molecule has 24 heavy (non-hydrogen) atoms. The van der Waals surface area contributed by atoms with Gasteiger partial charge in [0.1, 0.15) is 5.01 Å². The molecule has 2 saturated heterocycles. The zero-order chi connectivity index (χ0) is 16.4. The van der Waals surface area contributed by atoms with Crippen LogP contribution >= 0.6 is 11.3 Å². The Balaban J connectivity index is 1.35. The van der Waals surface area contributed by atoms with Gasteiger partial charge in [-0.05, 0) is 13.3 Å². The van der Waals surface area contributed by atoms with Gasteiger partial charge < -0.3 is 5.32 Å². The topological polar surface area (TPSA) is 31.4 Å². The zero-order valence-electron chi connectivity index (χ0n) is 14.4. The Bertz CT molecular complexity index is 660. The van der Waals surface area contributed by atoms with Crippen molar-refractivity contribution in [2.24, 2.45) is 0 Å². The highest BCUT2D eigenvalue weighted by molar-refractivity contribution is 7.13. The van der Waals surface area contributed by atoms with Crippen molar-refractivity contribution in [2.45, 2.75) is 25.9 Å². The van der Waals surface area contributed by atoms with Crippen LogP contribution in [0, 0.1) is 6.92 Å². The lowest BCUT2D eigenvalue weighted by Crippen LogP contribution is -2.49. The molecule has 0 aliphatic carbocycles. The van der Waals surface area contributed by atoms with E-state index in [0.717, 1.165) is 30.7 Å². The first-order chi connectivity index (χ1) is 11.8. The average molecular weight is 343 g/mol. The van der Waals surface area contributed by atoms with Crippen LogP contribution in [0.2, 0.25) is 0 Å². The van der Waals surface area contributed by atoms with Crippen LogP contribution in [0.1, 0.15) is 17.7 Å². The summed E-state index contributed by atoms with van der Waals surface area (Å²) in [7, 11) is 0. The molecular weight excluding hydrogens is 316 g/mol. The van der Waals surface area contributed by atoms with Gasteiger partial charge in [0.05, 0.1) is 5.69 Å². The van der Waals surface area contributed by atoms with E-state index in [1.165, 1.54) is 49.4 Å². The predicted molar refractivity (Wildman–Crippen MR) is 100 cm³/mol. The summed E-state index contributed by atoms with van der Waals surface area (Å²) >= 11 is 1.76. The number of piperazine rings is 1. The van der Waals surface area contributed by atoms with E-state index in [4.69, 9.17) is 4.98 Å². The molecule has 0 amide bonds. The monoisotopic (exact) mass is 342 g/mol. The molecule has 2 aliphatic rings. The molecule has 2 aromatic rings. The minimum atomic E-state index is 0.738. The van der Waals surface area contributed by atoms with Gasteiger partial charge in [0.25, 0.3) is 0 Å². The van der Waals surface area contributed by atoms with Crippen molar-refractivity contribution >= 4 is 11.3 Å². The first-order valence-electron chi connectivity index (χ1n) is 8.96. The number of benzene rings is 1. The van der Waals surface area contributed by atoms with Crippen LogP contribution in [-0.4, -0.2) is 60.1 Å². The molecule has 128 valence electrons. The molecule has 0 radical (unpaired) electrons. The summed E-state index contributed by atoms with van der Waals surface area (Å²) < 4.78 is 0. The standard InChI is InChI=1S/C19H26N4S/c1-15-2-4-16(5-3-15)19-21-17(14-24-19)12-22-9-6-18(13-22)23-10-7-20-8-11-23/h2-5,14,18,20H,6-13H2,1H3. The van der Waals surface area contributed by atoms with Crippen LogP contribution in [0.3, 0.4) is 0 Å². The average Bonchev–Trinajstić information content (AvgIpc) is 3.27. The van der Waals surface area contributed by atoms with Crippen molar-refractivity contribution in [1.82, 2.24) is 20.1 Å². The van der Waals surface area contributed by atoms with Gasteiger partial charge in [0, 0.05) is 62.8 Å². The maximum absolute atomic E-state index is 4.86. The minimum Gasteiger partial charge on any atom is -0.314 e. The van der Waals surface area contributed by atoms with Gasteiger partial charge in [-0.1, -0.05) is 29.8 Å². The number of aryl methyl sites for hydroxylation is 1. The lowest BCUT2D eigenvalue weighted by Gasteiger charge is -2.32.